The smallest absolute Gasteiger partial charge is 0.194 e. The molecule has 1 aromatic carbocycles. The Labute approximate surface area is 161 Å². The normalized spacial score (nSPS) is 15.6. The van der Waals surface area contributed by atoms with Crippen molar-refractivity contribution in [2.24, 2.45) is 4.99 Å². The predicted octanol–water partition coefficient (Wildman–Crippen LogP) is 2.68. The Bertz CT molecular complexity index is 652. The number of ether oxygens (including phenoxy) is 2. The minimum Gasteiger partial charge on any atom is -0.385 e. The maximum atomic E-state index is 14.0. The molecule has 1 saturated heterocycles. The second-order valence-corrected chi connectivity index (χ2v) is 6.49. The van der Waals surface area contributed by atoms with E-state index < -0.39 is 0 Å². The Morgan fingerprint density at radius 2 is 2.15 bits per heavy atom. The predicted molar refractivity (Wildman–Crippen MR) is 103 cm³/mol. The highest BCUT2D eigenvalue weighted by molar-refractivity contribution is 5.80. The largest absolute Gasteiger partial charge is 0.385 e. The van der Waals surface area contributed by atoms with Crippen LogP contribution in [0.5, 0.6) is 0 Å². The molecule has 1 N–H and O–H groups in total. The zero-order valence-corrected chi connectivity index (χ0v) is 16.2. The van der Waals surface area contributed by atoms with Gasteiger partial charge in [-0.15, -0.1) is 0 Å². The summed E-state index contributed by atoms with van der Waals surface area (Å²) in [4.78, 5) is 6.76. The first-order valence-corrected chi connectivity index (χ1v) is 9.50. The molecule has 1 aromatic rings. The summed E-state index contributed by atoms with van der Waals surface area (Å²) in [6, 6.07) is 6.39. The van der Waals surface area contributed by atoms with E-state index in [0.29, 0.717) is 11.1 Å². The summed E-state index contributed by atoms with van der Waals surface area (Å²) in [5.74, 6) is 0.439. The van der Waals surface area contributed by atoms with Gasteiger partial charge in [-0.1, -0.05) is 0 Å². The molecule has 6 nitrogen and oxygen atoms in total. The lowest BCUT2D eigenvalue weighted by molar-refractivity contribution is 0.00990. The molecule has 27 heavy (non-hydrogen) atoms. The second kappa shape index (κ2) is 11.5. The molecule has 0 bridgehead atoms. The highest BCUT2D eigenvalue weighted by Gasteiger charge is 2.21. The van der Waals surface area contributed by atoms with Gasteiger partial charge in [0.15, 0.2) is 5.96 Å². The zero-order valence-electron chi connectivity index (χ0n) is 16.2. The summed E-state index contributed by atoms with van der Waals surface area (Å²) in [5, 5.41) is 12.3. The molecule has 148 valence electrons. The van der Waals surface area contributed by atoms with E-state index in [9.17, 15) is 4.39 Å². The first-order valence-electron chi connectivity index (χ1n) is 9.50. The van der Waals surface area contributed by atoms with Crippen molar-refractivity contribution in [3.63, 3.8) is 0 Å². The van der Waals surface area contributed by atoms with Gasteiger partial charge >= 0.3 is 0 Å². The molecule has 0 amide bonds. The fourth-order valence-electron chi connectivity index (χ4n) is 3.04. The number of methoxy groups -OCH3 is 1. The molecule has 2 rings (SSSR count). The number of hydrogen-bond acceptors (Lipinski definition) is 4. The van der Waals surface area contributed by atoms with Crippen LogP contribution >= 0.6 is 0 Å². The number of piperidine rings is 1. The highest BCUT2D eigenvalue weighted by atomic mass is 19.1. The van der Waals surface area contributed by atoms with Gasteiger partial charge in [-0.05, 0) is 44.4 Å². The molecule has 0 saturated carbocycles. The quantitative estimate of drug-likeness (QED) is 0.429. The lowest BCUT2D eigenvalue weighted by Gasteiger charge is -2.34. The number of aliphatic imine (C=N–C) groups is 1. The van der Waals surface area contributed by atoms with Crippen LogP contribution in [0.4, 0.5) is 4.39 Å². The van der Waals surface area contributed by atoms with Crippen LogP contribution in [0.25, 0.3) is 0 Å². The number of rotatable bonds is 8. The van der Waals surface area contributed by atoms with Crippen molar-refractivity contribution in [1.82, 2.24) is 10.2 Å². The van der Waals surface area contributed by atoms with Gasteiger partial charge in [-0.2, -0.15) is 5.26 Å². The van der Waals surface area contributed by atoms with Gasteiger partial charge in [0, 0.05) is 45.5 Å². The number of hydrogen-bond donors (Lipinski definition) is 1. The fourth-order valence-corrected chi connectivity index (χ4v) is 3.04. The van der Waals surface area contributed by atoms with Crippen molar-refractivity contribution in [1.29, 1.82) is 5.26 Å². The molecule has 0 atom stereocenters. The number of guanidine groups is 1. The zero-order chi connectivity index (χ0) is 19.5. The van der Waals surface area contributed by atoms with E-state index in [2.05, 4.69) is 15.2 Å². The van der Waals surface area contributed by atoms with Crippen LogP contribution in [0.15, 0.2) is 23.2 Å². The van der Waals surface area contributed by atoms with Crippen LogP contribution in [0.2, 0.25) is 0 Å². The van der Waals surface area contributed by atoms with Crippen molar-refractivity contribution in [3.05, 3.63) is 35.1 Å². The molecule has 0 unspecified atom stereocenters. The summed E-state index contributed by atoms with van der Waals surface area (Å²) < 4.78 is 24.9. The Morgan fingerprint density at radius 3 is 2.81 bits per heavy atom. The number of benzene rings is 1. The van der Waals surface area contributed by atoms with Crippen molar-refractivity contribution in [2.75, 3.05) is 40.0 Å². The van der Waals surface area contributed by atoms with Crippen LogP contribution in [-0.2, 0) is 16.0 Å². The van der Waals surface area contributed by atoms with Gasteiger partial charge in [0.05, 0.1) is 24.3 Å². The number of nitrogens with one attached hydrogen (secondary N) is 1. The van der Waals surface area contributed by atoms with E-state index in [1.807, 2.05) is 13.0 Å². The van der Waals surface area contributed by atoms with E-state index in [1.165, 1.54) is 12.1 Å². The lowest BCUT2D eigenvalue weighted by atomic mass is 10.1. The Morgan fingerprint density at radius 1 is 1.37 bits per heavy atom. The monoisotopic (exact) mass is 376 g/mol. The molecule has 1 aliphatic rings. The van der Waals surface area contributed by atoms with E-state index in [1.54, 1.807) is 13.2 Å². The van der Waals surface area contributed by atoms with Crippen molar-refractivity contribution in [3.8, 4) is 6.07 Å². The van der Waals surface area contributed by atoms with Crippen LogP contribution < -0.4 is 5.32 Å². The minimum atomic E-state index is -0.336. The molecule has 7 heteroatoms. The van der Waals surface area contributed by atoms with E-state index in [-0.39, 0.29) is 18.5 Å². The van der Waals surface area contributed by atoms with Crippen LogP contribution in [0.3, 0.4) is 0 Å². The van der Waals surface area contributed by atoms with E-state index in [4.69, 9.17) is 14.7 Å². The Balaban J connectivity index is 1.92. The SMILES string of the molecule is CCNC(=NCc1cc(C#N)ccc1F)N1CCC(OCCCOC)CC1. The molecular weight excluding hydrogens is 347 g/mol. The topological polar surface area (TPSA) is 69.9 Å². The number of nitrogens with zero attached hydrogens (tertiary/aromatic N) is 3. The van der Waals surface area contributed by atoms with Crippen molar-refractivity contribution >= 4 is 5.96 Å². The summed E-state index contributed by atoms with van der Waals surface area (Å²) in [6.45, 7) is 6.10. The number of likely N-dealkylation sites (tertiary alicyclic amines) is 1. The average molecular weight is 376 g/mol. The van der Waals surface area contributed by atoms with Gasteiger partial charge in [0.25, 0.3) is 0 Å². The standard InChI is InChI=1S/C20H29FN4O2/c1-3-23-20(24-15-17-13-16(14-22)5-6-19(17)21)25-9-7-18(8-10-25)27-12-4-11-26-2/h5-6,13,18H,3-4,7-12,15H2,1-2H3,(H,23,24). The first-order chi connectivity index (χ1) is 13.2. The third-order valence-corrected chi connectivity index (χ3v) is 4.50. The maximum Gasteiger partial charge on any atom is 0.194 e. The molecule has 0 aromatic heterocycles. The fraction of sp³-hybridized carbons (Fsp3) is 0.600. The molecule has 0 radical (unpaired) electrons. The van der Waals surface area contributed by atoms with Crippen LogP contribution in [0, 0.1) is 17.1 Å². The molecular formula is C20H29FN4O2. The first kappa shape index (κ1) is 21.1. The third-order valence-electron chi connectivity index (χ3n) is 4.50. The summed E-state index contributed by atoms with van der Waals surface area (Å²) in [6.07, 6.45) is 3.06. The summed E-state index contributed by atoms with van der Waals surface area (Å²) >= 11 is 0. The van der Waals surface area contributed by atoms with Crippen molar-refractivity contribution in [2.45, 2.75) is 38.8 Å². The van der Waals surface area contributed by atoms with Gasteiger partial charge in [0.1, 0.15) is 5.82 Å². The lowest BCUT2D eigenvalue weighted by Crippen LogP contribution is -2.47. The Kier molecular flexibility index (Phi) is 9.02. The number of halogens is 1. The molecule has 1 heterocycles. The molecule has 1 aliphatic heterocycles. The summed E-state index contributed by atoms with van der Waals surface area (Å²) in [5.41, 5.74) is 0.874. The summed E-state index contributed by atoms with van der Waals surface area (Å²) in [7, 11) is 1.70. The maximum absolute atomic E-state index is 14.0. The molecule has 0 aliphatic carbocycles. The van der Waals surface area contributed by atoms with Gasteiger partial charge in [-0.3, -0.25) is 0 Å². The minimum absolute atomic E-state index is 0.205. The van der Waals surface area contributed by atoms with E-state index >= 15 is 0 Å². The van der Waals surface area contributed by atoms with Gasteiger partial charge < -0.3 is 19.7 Å². The number of nitriles is 1. The van der Waals surface area contributed by atoms with Crippen LogP contribution in [0.1, 0.15) is 37.3 Å². The highest BCUT2D eigenvalue weighted by Crippen LogP contribution is 2.16. The van der Waals surface area contributed by atoms with Crippen molar-refractivity contribution < 1.29 is 13.9 Å². The average Bonchev–Trinajstić information content (AvgIpc) is 2.70. The van der Waals surface area contributed by atoms with Gasteiger partial charge in [-0.25, -0.2) is 9.38 Å². The van der Waals surface area contributed by atoms with Gasteiger partial charge in [0.2, 0.25) is 0 Å². The molecule has 0 spiro atoms. The third kappa shape index (κ3) is 6.81. The second-order valence-electron chi connectivity index (χ2n) is 6.49. The van der Waals surface area contributed by atoms with E-state index in [0.717, 1.165) is 58.1 Å². The Hall–Kier alpha value is -2.17. The van der Waals surface area contributed by atoms with Crippen LogP contribution in [-0.4, -0.2) is 56.9 Å². The molecule has 1 fully saturated rings.